The van der Waals surface area contributed by atoms with Crippen LogP contribution in [-0.2, 0) is 15.9 Å². The first-order valence-electron chi connectivity index (χ1n) is 5.84. The predicted octanol–water partition coefficient (Wildman–Crippen LogP) is 2.91. The summed E-state index contributed by atoms with van der Waals surface area (Å²) < 4.78 is 74.4. The molecule has 0 aromatic carbocycles. The van der Waals surface area contributed by atoms with Gasteiger partial charge in [-0.2, -0.15) is 13.2 Å². The van der Waals surface area contributed by atoms with Crippen LogP contribution in [0.3, 0.4) is 0 Å². The summed E-state index contributed by atoms with van der Waals surface area (Å²) in [5, 5.41) is 0. The van der Waals surface area contributed by atoms with Crippen LogP contribution >= 0.6 is 0 Å². The quantitative estimate of drug-likeness (QED) is 0.439. The summed E-state index contributed by atoms with van der Waals surface area (Å²) >= 11 is 0. The van der Waals surface area contributed by atoms with Crippen LogP contribution in [0.5, 0.6) is 0 Å². The number of esters is 1. The monoisotopic (exact) mass is 317 g/mol. The van der Waals surface area contributed by atoms with Crippen molar-refractivity contribution in [1.82, 2.24) is 4.98 Å². The third kappa shape index (κ3) is 5.66. The Balaban J connectivity index is 2.67. The molecule has 10 heteroatoms. The second-order valence-corrected chi connectivity index (χ2v) is 3.76. The maximum Gasteiger partial charge on any atom is 0.411 e. The Labute approximate surface area is 116 Å². The molecule has 0 saturated carbocycles. The summed E-state index contributed by atoms with van der Waals surface area (Å²) in [6.07, 6.45) is -7.84. The summed E-state index contributed by atoms with van der Waals surface area (Å²) in [5.41, 5.74) is -0.903. The third-order valence-electron chi connectivity index (χ3n) is 2.09. The first-order chi connectivity index (χ1) is 9.74. The van der Waals surface area contributed by atoms with Crippen LogP contribution < -0.4 is 0 Å². The van der Waals surface area contributed by atoms with Crippen molar-refractivity contribution >= 4 is 5.97 Å². The standard InChI is InChI=1S/C11H12F5NO4/c1-2-20-10(18)8-7(9(12)13)17-6(21-8)3-4-19-5-11(14,15)16/h9H,2-5H2,1H3. The number of ether oxygens (including phenoxy) is 2. The highest BCUT2D eigenvalue weighted by Crippen LogP contribution is 2.24. The second-order valence-electron chi connectivity index (χ2n) is 3.76. The van der Waals surface area contributed by atoms with Crippen molar-refractivity contribution in [3.05, 3.63) is 17.3 Å². The topological polar surface area (TPSA) is 61.6 Å². The molecule has 0 unspecified atom stereocenters. The molecule has 0 saturated heterocycles. The number of hydrogen-bond donors (Lipinski definition) is 0. The van der Waals surface area contributed by atoms with E-state index in [4.69, 9.17) is 4.42 Å². The van der Waals surface area contributed by atoms with Gasteiger partial charge in [0, 0.05) is 6.42 Å². The van der Waals surface area contributed by atoms with Crippen molar-refractivity contribution in [1.29, 1.82) is 0 Å². The fraction of sp³-hybridized carbons (Fsp3) is 0.636. The molecule has 120 valence electrons. The van der Waals surface area contributed by atoms with Crippen LogP contribution in [-0.4, -0.2) is 37.0 Å². The number of alkyl halides is 5. The molecule has 0 N–H and O–H groups in total. The minimum Gasteiger partial charge on any atom is -0.460 e. The lowest BCUT2D eigenvalue weighted by Crippen LogP contribution is -2.18. The Bertz CT molecular complexity index is 472. The van der Waals surface area contributed by atoms with Gasteiger partial charge in [0.15, 0.2) is 11.6 Å². The number of oxazole rings is 1. The number of carbonyl (C=O) groups is 1. The molecule has 1 heterocycles. The lowest BCUT2D eigenvalue weighted by molar-refractivity contribution is -0.173. The van der Waals surface area contributed by atoms with Crippen LogP contribution in [0.2, 0.25) is 0 Å². The van der Waals surface area contributed by atoms with Gasteiger partial charge in [0.25, 0.3) is 6.43 Å². The molecule has 21 heavy (non-hydrogen) atoms. The maximum absolute atomic E-state index is 12.7. The van der Waals surface area contributed by atoms with Crippen molar-refractivity contribution in [2.45, 2.75) is 25.9 Å². The normalized spacial score (nSPS) is 12.0. The smallest absolute Gasteiger partial charge is 0.411 e. The van der Waals surface area contributed by atoms with E-state index >= 15 is 0 Å². The molecule has 1 aromatic rings. The van der Waals surface area contributed by atoms with Gasteiger partial charge in [0.1, 0.15) is 6.61 Å². The van der Waals surface area contributed by atoms with Gasteiger partial charge in [-0.25, -0.2) is 18.6 Å². The average molecular weight is 317 g/mol. The van der Waals surface area contributed by atoms with Crippen molar-refractivity contribution in [3.63, 3.8) is 0 Å². The van der Waals surface area contributed by atoms with Gasteiger partial charge in [0.05, 0.1) is 13.2 Å². The zero-order valence-corrected chi connectivity index (χ0v) is 10.9. The van der Waals surface area contributed by atoms with Crippen molar-refractivity contribution < 1.29 is 40.6 Å². The number of aromatic nitrogens is 1. The largest absolute Gasteiger partial charge is 0.460 e. The van der Waals surface area contributed by atoms with Crippen LogP contribution in [0.4, 0.5) is 22.0 Å². The van der Waals surface area contributed by atoms with Crippen LogP contribution in [0, 0.1) is 0 Å². The van der Waals surface area contributed by atoms with E-state index in [0.29, 0.717) is 0 Å². The van der Waals surface area contributed by atoms with Crippen molar-refractivity contribution in [3.8, 4) is 0 Å². The minimum absolute atomic E-state index is 0.0494. The number of rotatable bonds is 7. The van der Waals surface area contributed by atoms with Gasteiger partial charge in [0.2, 0.25) is 5.76 Å². The Morgan fingerprint density at radius 2 is 2.05 bits per heavy atom. The first kappa shape index (κ1) is 17.3. The zero-order chi connectivity index (χ0) is 16.0. The van der Waals surface area contributed by atoms with Crippen LogP contribution in [0.1, 0.15) is 35.5 Å². The zero-order valence-electron chi connectivity index (χ0n) is 10.9. The van der Waals surface area contributed by atoms with Crippen molar-refractivity contribution in [2.75, 3.05) is 19.8 Å². The van der Waals surface area contributed by atoms with Crippen LogP contribution in [0.15, 0.2) is 4.42 Å². The molecule has 0 atom stereocenters. The molecule has 0 amide bonds. The first-order valence-corrected chi connectivity index (χ1v) is 5.84. The van der Waals surface area contributed by atoms with Crippen molar-refractivity contribution in [2.24, 2.45) is 0 Å². The number of halogens is 5. The summed E-state index contributed by atoms with van der Waals surface area (Å²) in [6.45, 7) is -0.487. The molecule has 1 rings (SSSR count). The van der Waals surface area contributed by atoms with E-state index in [9.17, 15) is 26.7 Å². The molecule has 0 fully saturated rings. The molecule has 0 radical (unpaired) electrons. The van der Waals surface area contributed by atoms with Gasteiger partial charge in [-0.15, -0.1) is 0 Å². The highest BCUT2D eigenvalue weighted by molar-refractivity contribution is 5.87. The Hall–Kier alpha value is -1.71. The number of hydrogen-bond acceptors (Lipinski definition) is 5. The van der Waals surface area contributed by atoms with Gasteiger partial charge in [-0.05, 0) is 6.92 Å². The van der Waals surface area contributed by atoms with E-state index < -0.39 is 43.2 Å². The molecular formula is C11H12F5NO4. The highest BCUT2D eigenvalue weighted by atomic mass is 19.4. The van der Waals surface area contributed by atoms with Gasteiger partial charge < -0.3 is 13.9 Å². The Morgan fingerprint density at radius 3 is 2.57 bits per heavy atom. The summed E-state index contributed by atoms with van der Waals surface area (Å²) in [7, 11) is 0. The second kappa shape index (κ2) is 7.34. The number of carbonyl (C=O) groups excluding carboxylic acids is 1. The SMILES string of the molecule is CCOC(=O)c1oc(CCOCC(F)(F)F)nc1C(F)F. The van der Waals surface area contributed by atoms with E-state index in [0.717, 1.165) is 0 Å². The van der Waals surface area contributed by atoms with Crippen LogP contribution in [0.25, 0.3) is 0 Å². The highest BCUT2D eigenvalue weighted by Gasteiger charge is 2.29. The number of nitrogens with zero attached hydrogens (tertiary/aromatic N) is 1. The molecule has 0 bridgehead atoms. The van der Waals surface area contributed by atoms with Gasteiger partial charge in [-0.3, -0.25) is 0 Å². The third-order valence-corrected chi connectivity index (χ3v) is 2.09. The minimum atomic E-state index is -4.49. The molecular weight excluding hydrogens is 305 g/mol. The maximum atomic E-state index is 12.7. The average Bonchev–Trinajstić information content (AvgIpc) is 2.78. The molecule has 0 aliphatic heterocycles. The predicted molar refractivity (Wildman–Crippen MR) is 58.0 cm³/mol. The summed E-state index contributed by atoms with van der Waals surface area (Å²) in [4.78, 5) is 14.7. The van der Waals surface area contributed by atoms with E-state index in [1.807, 2.05) is 0 Å². The molecule has 5 nitrogen and oxygen atoms in total. The lowest BCUT2D eigenvalue weighted by atomic mass is 10.3. The molecule has 1 aromatic heterocycles. The fourth-order valence-electron chi connectivity index (χ4n) is 1.32. The van der Waals surface area contributed by atoms with Gasteiger partial charge in [-0.1, -0.05) is 0 Å². The van der Waals surface area contributed by atoms with E-state index in [1.165, 1.54) is 6.92 Å². The van der Waals surface area contributed by atoms with Gasteiger partial charge >= 0.3 is 12.1 Å². The molecule has 0 spiro atoms. The summed E-state index contributed by atoms with van der Waals surface area (Å²) in [5.74, 6) is -2.18. The molecule has 0 aliphatic carbocycles. The van der Waals surface area contributed by atoms with E-state index in [2.05, 4.69) is 14.5 Å². The lowest BCUT2D eigenvalue weighted by Gasteiger charge is -2.05. The summed E-state index contributed by atoms with van der Waals surface area (Å²) in [6, 6.07) is 0. The van der Waals surface area contributed by atoms with E-state index in [-0.39, 0.29) is 18.9 Å². The molecule has 0 aliphatic rings. The fourth-order valence-corrected chi connectivity index (χ4v) is 1.32. The Morgan fingerprint density at radius 1 is 1.38 bits per heavy atom. The Kier molecular flexibility index (Phi) is 6.06. The van der Waals surface area contributed by atoms with E-state index in [1.54, 1.807) is 0 Å².